The second-order valence-corrected chi connectivity index (χ2v) is 7.38. The third kappa shape index (κ3) is 6.62. The highest BCUT2D eigenvalue weighted by Gasteiger charge is 2.27. The quantitative estimate of drug-likeness (QED) is 0.694. The number of alkyl halides is 2. The van der Waals surface area contributed by atoms with Gasteiger partial charge < -0.3 is 24.0 Å². The number of nitrogens with zero attached hydrogens (tertiary/aromatic N) is 2. The minimum absolute atomic E-state index is 0.135. The first-order valence-corrected chi connectivity index (χ1v) is 9.17. The van der Waals surface area contributed by atoms with E-state index >= 15 is 0 Å². The molecular formula is C20H26F2N2O5. The van der Waals surface area contributed by atoms with Crippen LogP contribution < -0.4 is 9.47 Å². The maximum absolute atomic E-state index is 12.7. The van der Waals surface area contributed by atoms with Gasteiger partial charge in [-0.15, -0.1) is 0 Å². The van der Waals surface area contributed by atoms with Crippen LogP contribution >= 0.6 is 0 Å². The summed E-state index contributed by atoms with van der Waals surface area (Å²) in [5, 5.41) is 0. The molecule has 7 nitrogen and oxygen atoms in total. The van der Waals surface area contributed by atoms with E-state index in [1.54, 1.807) is 42.7 Å². The first-order chi connectivity index (χ1) is 13.6. The number of para-hydroxylation sites is 1. The Labute approximate surface area is 168 Å². The van der Waals surface area contributed by atoms with Gasteiger partial charge in [0.1, 0.15) is 5.60 Å². The molecule has 1 aromatic carbocycles. The van der Waals surface area contributed by atoms with Crippen molar-refractivity contribution in [2.24, 2.45) is 0 Å². The van der Waals surface area contributed by atoms with Crippen LogP contribution in [-0.2, 0) is 9.53 Å². The van der Waals surface area contributed by atoms with Crippen LogP contribution in [0.3, 0.4) is 0 Å². The third-order valence-corrected chi connectivity index (χ3v) is 4.08. The zero-order chi connectivity index (χ0) is 21.6. The monoisotopic (exact) mass is 412 g/mol. The van der Waals surface area contributed by atoms with Gasteiger partial charge in [0.15, 0.2) is 11.5 Å². The van der Waals surface area contributed by atoms with Crippen molar-refractivity contribution in [2.45, 2.75) is 33.0 Å². The highest BCUT2D eigenvalue weighted by Crippen LogP contribution is 2.33. The van der Waals surface area contributed by atoms with Gasteiger partial charge >= 0.3 is 12.7 Å². The van der Waals surface area contributed by atoms with Crippen LogP contribution in [0.25, 0.3) is 6.08 Å². The van der Waals surface area contributed by atoms with Gasteiger partial charge in [-0.05, 0) is 32.9 Å². The Morgan fingerprint density at radius 2 is 1.72 bits per heavy atom. The second kappa shape index (κ2) is 9.58. The molecule has 1 fully saturated rings. The summed E-state index contributed by atoms with van der Waals surface area (Å²) in [6, 6.07) is 4.65. The van der Waals surface area contributed by atoms with Crippen LogP contribution in [-0.4, -0.2) is 67.3 Å². The van der Waals surface area contributed by atoms with E-state index in [-0.39, 0.29) is 17.4 Å². The fourth-order valence-electron chi connectivity index (χ4n) is 2.74. The Balaban J connectivity index is 2.00. The lowest BCUT2D eigenvalue weighted by atomic mass is 10.1. The topological polar surface area (TPSA) is 68.3 Å². The minimum Gasteiger partial charge on any atom is -0.493 e. The molecule has 0 bridgehead atoms. The smallest absolute Gasteiger partial charge is 0.410 e. The van der Waals surface area contributed by atoms with Gasteiger partial charge in [-0.3, -0.25) is 4.79 Å². The zero-order valence-corrected chi connectivity index (χ0v) is 17.0. The maximum Gasteiger partial charge on any atom is 0.410 e. The minimum atomic E-state index is -3.02. The van der Waals surface area contributed by atoms with Crippen molar-refractivity contribution in [2.75, 3.05) is 33.3 Å². The molecule has 0 radical (unpaired) electrons. The Morgan fingerprint density at radius 3 is 2.28 bits per heavy atom. The molecule has 0 aliphatic carbocycles. The number of rotatable bonds is 5. The van der Waals surface area contributed by atoms with Gasteiger partial charge in [-0.2, -0.15) is 8.78 Å². The van der Waals surface area contributed by atoms with E-state index in [4.69, 9.17) is 9.47 Å². The molecule has 0 atom stereocenters. The van der Waals surface area contributed by atoms with Crippen molar-refractivity contribution in [3.8, 4) is 11.5 Å². The first-order valence-electron chi connectivity index (χ1n) is 9.17. The van der Waals surface area contributed by atoms with Crippen LogP contribution in [0.1, 0.15) is 26.3 Å². The van der Waals surface area contributed by atoms with E-state index in [1.807, 2.05) is 0 Å². The van der Waals surface area contributed by atoms with E-state index in [1.165, 1.54) is 25.3 Å². The number of piperazine rings is 1. The summed E-state index contributed by atoms with van der Waals surface area (Å²) in [5.74, 6) is -0.283. The molecule has 0 unspecified atom stereocenters. The van der Waals surface area contributed by atoms with Crippen LogP contribution in [0, 0.1) is 0 Å². The average Bonchev–Trinajstić information content (AvgIpc) is 2.65. The lowest BCUT2D eigenvalue weighted by Crippen LogP contribution is -2.51. The van der Waals surface area contributed by atoms with E-state index in [9.17, 15) is 18.4 Å². The molecule has 160 valence electrons. The highest BCUT2D eigenvalue weighted by atomic mass is 19.3. The number of carbonyl (C=O) groups is 2. The van der Waals surface area contributed by atoms with Crippen LogP contribution in [0.4, 0.5) is 13.6 Å². The molecule has 1 saturated heterocycles. The first kappa shape index (κ1) is 22.4. The van der Waals surface area contributed by atoms with Crippen molar-refractivity contribution < 1.29 is 32.6 Å². The molecule has 1 heterocycles. The molecular weight excluding hydrogens is 386 g/mol. The maximum atomic E-state index is 12.7. The number of methoxy groups -OCH3 is 1. The van der Waals surface area contributed by atoms with Gasteiger partial charge in [0.2, 0.25) is 5.91 Å². The molecule has 1 aromatic rings. The fourth-order valence-corrected chi connectivity index (χ4v) is 2.74. The summed E-state index contributed by atoms with van der Waals surface area (Å²) >= 11 is 0. The van der Waals surface area contributed by atoms with E-state index < -0.39 is 18.3 Å². The lowest BCUT2D eigenvalue weighted by molar-refractivity contribution is -0.127. The van der Waals surface area contributed by atoms with Gasteiger partial charge in [0, 0.05) is 37.8 Å². The molecule has 0 aromatic heterocycles. The SMILES string of the molecule is COc1cccc(/C=C/C(=O)N2CCN(C(=O)OC(C)(C)C)CC2)c1OC(F)F. The summed E-state index contributed by atoms with van der Waals surface area (Å²) in [6.07, 6.45) is 2.28. The summed E-state index contributed by atoms with van der Waals surface area (Å²) in [4.78, 5) is 27.7. The molecule has 2 amide bonds. The fraction of sp³-hybridized carbons (Fsp3) is 0.500. The average molecular weight is 412 g/mol. The number of carbonyl (C=O) groups excluding carboxylic acids is 2. The van der Waals surface area contributed by atoms with Gasteiger partial charge in [-0.25, -0.2) is 4.79 Å². The predicted molar refractivity (Wildman–Crippen MR) is 103 cm³/mol. The van der Waals surface area contributed by atoms with Gasteiger partial charge in [0.25, 0.3) is 0 Å². The molecule has 9 heteroatoms. The van der Waals surface area contributed by atoms with E-state index in [2.05, 4.69) is 4.74 Å². The summed E-state index contributed by atoms with van der Waals surface area (Å²) in [6.45, 7) is 3.76. The Hall–Kier alpha value is -2.84. The number of benzene rings is 1. The number of ether oxygens (including phenoxy) is 3. The highest BCUT2D eigenvalue weighted by molar-refractivity contribution is 5.92. The number of amides is 2. The molecule has 1 aliphatic heterocycles. The Kier molecular flexibility index (Phi) is 7.41. The third-order valence-electron chi connectivity index (χ3n) is 4.08. The molecule has 0 N–H and O–H groups in total. The van der Waals surface area contributed by atoms with Crippen molar-refractivity contribution in [3.05, 3.63) is 29.8 Å². The van der Waals surface area contributed by atoms with Gasteiger partial charge in [-0.1, -0.05) is 12.1 Å². The van der Waals surface area contributed by atoms with Crippen LogP contribution in [0.2, 0.25) is 0 Å². The molecule has 2 rings (SSSR count). The van der Waals surface area contributed by atoms with Crippen molar-refractivity contribution in [3.63, 3.8) is 0 Å². The van der Waals surface area contributed by atoms with Gasteiger partial charge in [0.05, 0.1) is 7.11 Å². The lowest BCUT2D eigenvalue weighted by Gasteiger charge is -2.35. The molecule has 1 aliphatic rings. The van der Waals surface area contributed by atoms with Crippen molar-refractivity contribution in [1.29, 1.82) is 0 Å². The molecule has 0 spiro atoms. The molecule has 0 saturated carbocycles. The standard InChI is InChI=1S/C20H26F2N2O5/c1-20(2,3)29-19(26)24-12-10-23(11-13-24)16(25)9-8-14-6-5-7-15(27-4)17(14)28-18(21)22/h5-9,18H,10-13H2,1-4H3/b9-8+. The normalized spacial score (nSPS) is 15.0. The van der Waals surface area contributed by atoms with E-state index in [0.29, 0.717) is 31.7 Å². The summed E-state index contributed by atoms with van der Waals surface area (Å²) < 4.78 is 40.3. The summed E-state index contributed by atoms with van der Waals surface area (Å²) in [5.41, 5.74) is -0.285. The van der Waals surface area contributed by atoms with E-state index in [0.717, 1.165) is 0 Å². The Bertz CT molecular complexity index is 754. The zero-order valence-electron chi connectivity index (χ0n) is 17.0. The van der Waals surface area contributed by atoms with Crippen molar-refractivity contribution >= 4 is 18.1 Å². The second-order valence-electron chi connectivity index (χ2n) is 7.38. The number of hydrogen-bond acceptors (Lipinski definition) is 5. The number of hydrogen-bond donors (Lipinski definition) is 0. The predicted octanol–water partition coefficient (Wildman–Crippen LogP) is 3.39. The Morgan fingerprint density at radius 1 is 1.10 bits per heavy atom. The summed E-state index contributed by atoms with van der Waals surface area (Å²) in [7, 11) is 1.34. The molecule has 29 heavy (non-hydrogen) atoms. The van der Waals surface area contributed by atoms with Crippen LogP contribution in [0.15, 0.2) is 24.3 Å². The van der Waals surface area contributed by atoms with Crippen molar-refractivity contribution in [1.82, 2.24) is 9.80 Å². The van der Waals surface area contributed by atoms with Crippen LogP contribution in [0.5, 0.6) is 11.5 Å². The number of halogens is 2. The largest absolute Gasteiger partial charge is 0.493 e.